The van der Waals surface area contributed by atoms with Crippen molar-refractivity contribution in [3.05, 3.63) is 26.5 Å². The van der Waals surface area contributed by atoms with E-state index in [1.165, 1.54) is 51.4 Å². The first-order valence-electron chi connectivity index (χ1n) is 9.97. The average molecular weight is 317 g/mol. The van der Waals surface area contributed by atoms with Gasteiger partial charge in [0.05, 0.1) is 13.8 Å². The molecule has 0 N–H and O–H groups in total. The highest BCUT2D eigenvalue weighted by Gasteiger charge is 2.46. The predicted octanol–water partition coefficient (Wildman–Crippen LogP) is 7.12. The summed E-state index contributed by atoms with van der Waals surface area (Å²) in [5.74, 6) is 3.84. The van der Waals surface area contributed by atoms with Crippen LogP contribution in [0.3, 0.4) is 0 Å². The Hall–Kier alpha value is -0.520. The Morgan fingerprint density at radius 1 is 0.870 bits per heavy atom. The van der Waals surface area contributed by atoms with Gasteiger partial charge in [0.1, 0.15) is 11.3 Å². The highest BCUT2D eigenvalue weighted by molar-refractivity contribution is 4.96. The van der Waals surface area contributed by atoms with E-state index >= 15 is 0 Å². The summed E-state index contributed by atoms with van der Waals surface area (Å²) in [5, 5.41) is 0. The van der Waals surface area contributed by atoms with Gasteiger partial charge in [0, 0.05) is 17.3 Å². The topological polar surface area (TPSA) is 0 Å². The van der Waals surface area contributed by atoms with Crippen LogP contribution in [0, 0.1) is 54.3 Å². The summed E-state index contributed by atoms with van der Waals surface area (Å²) in [6.07, 6.45) is 13.0. The Bertz CT molecular complexity index is 367. The van der Waals surface area contributed by atoms with Gasteiger partial charge in [0.15, 0.2) is 0 Å². The molecule has 0 saturated heterocycles. The largest absolute Gasteiger partial charge is 0.103 e. The van der Waals surface area contributed by atoms with E-state index in [1.54, 1.807) is 0 Å². The van der Waals surface area contributed by atoms with Crippen LogP contribution in [-0.4, -0.2) is 0 Å². The van der Waals surface area contributed by atoms with Gasteiger partial charge in [-0.25, -0.2) is 0 Å². The number of allylic oxidation sites excluding steroid dienone is 1. The Kier molecular flexibility index (Phi) is 5.85. The molecule has 0 heterocycles. The van der Waals surface area contributed by atoms with Gasteiger partial charge in [-0.15, -0.1) is 6.58 Å². The van der Waals surface area contributed by atoms with Crippen molar-refractivity contribution in [2.75, 3.05) is 0 Å². The molecule has 130 valence electrons. The Balaban J connectivity index is 1.92. The summed E-state index contributed by atoms with van der Waals surface area (Å²) >= 11 is 0. The molecule has 0 bridgehead atoms. The van der Waals surface area contributed by atoms with Crippen LogP contribution in [0.5, 0.6) is 0 Å². The number of rotatable bonds is 5. The molecule has 2 aliphatic carbocycles. The quantitative estimate of drug-likeness (QED) is 0.374. The Morgan fingerprint density at radius 3 is 1.78 bits per heavy atom. The van der Waals surface area contributed by atoms with E-state index in [-0.39, 0.29) is 5.41 Å². The van der Waals surface area contributed by atoms with Crippen molar-refractivity contribution >= 4 is 0 Å². The lowest BCUT2D eigenvalue weighted by molar-refractivity contribution is 0.0388. The van der Waals surface area contributed by atoms with Crippen molar-refractivity contribution in [1.29, 1.82) is 0 Å². The molecule has 0 nitrogen and oxygen atoms in total. The fourth-order valence-electron chi connectivity index (χ4n) is 5.31. The van der Waals surface area contributed by atoms with E-state index in [2.05, 4.69) is 47.3 Å². The summed E-state index contributed by atoms with van der Waals surface area (Å²) in [6, 6.07) is 0. The maximum absolute atomic E-state index is 4.70. The zero-order valence-corrected chi connectivity index (χ0v) is 16.2. The normalized spacial score (nSPS) is 34.8. The zero-order chi connectivity index (χ0) is 17.3. The molecule has 0 aliphatic heterocycles. The third-order valence-electron chi connectivity index (χ3n) is 7.56. The van der Waals surface area contributed by atoms with Crippen LogP contribution in [0.15, 0.2) is 12.7 Å². The summed E-state index contributed by atoms with van der Waals surface area (Å²) in [6.45, 7) is 22.7. The van der Waals surface area contributed by atoms with E-state index in [0.29, 0.717) is 11.3 Å². The summed E-state index contributed by atoms with van der Waals surface area (Å²) in [7, 11) is 0. The van der Waals surface area contributed by atoms with E-state index in [1.807, 2.05) is 0 Å². The van der Waals surface area contributed by atoms with Gasteiger partial charge in [-0.05, 0) is 77.0 Å². The van der Waals surface area contributed by atoms with Crippen LogP contribution in [0.25, 0.3) is 0 Å². The van der Waals surface area contributed by atoms with Crippen molar-refractivity contribution in [3.63, 3.8) is 0 Å². The maximum Gasteiger partial charge on any atom is 0.103 e. The van der Waals surface area contributed by atoms with Gasteiger partial charge in [0.2, 0.25) is 0 Å². The molecule has 0 spiro atoms. The standard InChI is InChI=1S/C23H40/c1-8-18-9-13-21(14-10-18)23(6,7)17(2)19-11-15-20(16-12-19)22(3,4)5/h8,17-21H,1-3,9-16H2,4-7H3/q+2. The molecule has 0 aromatic carbocycles. The number of hydrogen-bond acceptors (Lipinski definition) is 0. The van der Waals surface area contributed by atoms with Gasteiger partial charge in [-0.2, -0.15) is 0 Å². The SMILES string of the molecule is C=CC1CCC(C(C)(C)C([CH2+])C2CCC(C([CH2+])(C)C)CC2)CC1. The lowest BCUT2D eigenvalue weighted by Crippen LogP contribution is -2.39. The van der Waals surface area contributed by atoms with Gasteiger partial charge >= 0.3 is 0 Å². The third-order valence-corrected chi connectivity index (χ3v) is 7.56. The van der Waals surface area contributed by atoms with Crippen LogP contribution in [-0.2, 0) is 0 Å². The van der Waals surface area contributed by atoms with Gasteiger partial charge in [0.25, 0.3) is 0 Å². The third kappa shape index (κ3) is 4.31. The second-order valence-corrected chi connectivity index (χ2v) is 9.88. The molecule has 0 aromatic heterocycles. The molecule has 23 heavy (non-hydrogen) atoms. The molecule has 2 aliphatic rings. The van der Waals surface area contributed by atoms with Crippen LogP contribution < -0.4 is 0 Å². The molecule has 2 saturated carbocycles. The second-order valence-electron chi connectivity index (χ2n) is 9.88. The van der Waals surface area contributed by atoms with Crippen LogP contribution in [0.2, 0.25) is 0 Å². The monoisotopic (exact) mass is 316 g/mol. The summed E-state index contributed by atoms with van der Waals surface area (Å²) < 4.78 is 0. The molecule has 0 aromatic rings. The molecular formula is C23H40+2. The minimum Gasteiger partial charge on any atom is -0.103 e. The van der Waals surface area contributed by atoms with E-state index in [9.17, 15) is 0 Å². The second kappa shape index (κ2) is 7.16. The van der Waals surface area contributed by atoms with E-state index in [4.69, 9.17) is 6.92 Å². The highest BCUT2D eigenvalue weighted by Crippen LogP contribution is 2.51. The van der Waals surface area contributed by atoms with E-state index < -0.39 is 0 Å². The molecule has 2 fully saturated rings. The van der Waals surface area contributed by atoms with Crippen LogP contribution in [0.1, 0.15) is 79.1 Å². The molecule has 0 radical (unpaired) electrons. The minimum absolute atomic E-state index is 0.236. The average Bonchev–Trinajstić information content (AvgIpc) is 2.53. The first-order chi connectivity index (χ1) is 10.7. The Morgan fingerprint density at radius 2 is 1.35 bits per heavy atom. The smallest absolute Gasteiger partial charge is 0.103 e. The predicted molar refractivity (Wildman–Crippen MR) is 103 cm³/mol. The maximum atomic E-state index is 4.70. The Labute approximate surface area is 146 Å². The molecule has 1 unspecified atom stereocenters. The van der Waals surface area contributed by atoms with Crippen molar-refractivity contribution in [2.24, 2.45) is 40.4 Å². The highest BCUT2D eigenvalue weighted by atomic mass is 14.5. The molecule has 0 heteroatoms. The summed E-state index contributed by atoms with van der Waals surface area (Å²) in [4.78, 5) is 0. The fraction of sp³-hybridized carbons (Fsp3) is 0.826. The van der Waals surface area contributed by atoms with Crippen molar-refractivity contribution in [3.8, 4) is 0 Å². The fourth-order valence-corrected chi connectivity index (χ4v) is 5.31. The van der Waals surface area contributed by atoms with Crippen molar-refractivity contribution < 1.29 is 0 Å². The molecule has 2 rings (SSSR count). The first-order valence-corrected chi connectivity index (χ1v) is 9.97. The minimum atomic E-state index is 0.236. The van der Waals surface area contributed by atoms with Gasteiger partial charge in [-0.1, -0.05) is 19.9 Å². The zero-order valence-electron chi connectivity index (χ0n) is 16.2. The van der Waals surface area contributed by atoms with Crippen molar-refractivity contribution in [1.82, 2.24) is 0 Å². The number of hydrogen-bond donors (Lipinski definition) is 0. The van der Waals surface area contributed by atoms with Crippen LogP contribution in [0.4, 0.5) is 0 Å². The first kappa shape index (κ1) is 18.8. The lowest BCUT2D eigenvalue weighted by atomic mass is 9.57. The molecule has 0 amide bonds. The van der Waals surface area contributed by atoms with E-state index in [0.717, 1.165) is 23.7 Å². The molecular weight excluding hydrogens is 276 g/mol. The summed E-state index contributed by atoms with van der Waals surface area (Å²) in [5.41, 5.74) is 0.615. The van der Waals surface area contributed by atoms with Crippen LogP contribution >= 0.6 is 0 Å². The van der Waals surface area contributed by atoms with Gasteiger partial charge < -0.3 is 0 Å². The molecule has 1 atom stereocenters. The van der Waals surface area contributed by atoms with Gasteiger partial charge in [-0.3, -0.25) is 0 Å². The lowest BCUT2D eigenvalue weighted by Gasteiger charge is -2.44. The van der Waals surface area contributed by atoms with Crippen molar-refractivity contribution in [2.45, 2.75) is 79.1 Å².